The number of carbonyl (C=O) groups excluding carboxylic acids is 2. The molecule has 3 aromatic heterocycles. The van der Waals surface area contributed by atoms with Crippen molar-refractivity contribution in [3.8, 4) is 11.5 Å². The van der Waals surface area contributed by atoms with Crippen molar-refractivity contribution in [1.82, 2.24) is 34.6 Å². The standard InChI is InChI=1S/C36H47N7O3/c1-22-26-12-16-42(20-25-21-46-17-14-37-25)34(44)27(26)19-29-31(22)41(5)33(40-29)30-18-24-10-11-28-23(2)38-35(45)36(3,4)13-8-6-7-9-15-43(30)32(24)39-28/h10-11,18-19,23,25,37H,6-9,12-17,20-21H2,1-5H3,(H,38,45)/t23-,25+/m1/s1. The van der Waals surface area contributed by atoms with Crippen molar-refractivity contribution in [1.29, 1.82) is 0 Å². The number of ether oxygens (including phenoxy) is 1. The van der Waals surface area contributed by atoms with E-state index in [0.29, 0.717) is 19.7 Å². The number of fused-ring (bicyclic) bond motifs is 3. The minimum atomic E-state index is -0.405. The first kappa shape index (κ1) is 30.9. The maximum Gasteiger partial charge on any atom is 0.254 e. The lowest BCUT2D eigenvalue weighted by atomic mass is 9.85. The van der Waals surface area contributed by atoms with Gasteiger partial charge in [0, 0.05) is 55.6 Å². The van der Waals surface area contributed by atoms with Gasteiger partial charge in [-0.15, -0.1) is 0 Å². The predicted octanol–water partition coefficient (Wildman–Crippen LogP) is 5.05. The average Bonchev–Trinajstić information content (AvgIpc) is 3.57. The molecule has 244 valence electrons. The largest absolute Gasteiger partial charge is 0.378 e. The first-order valence-corrected chi connectivity index (χ1v) is 17.0. The number of rotatable bonds is 3. The van der Waals surface area contributed by atoms with E-state index in [9.17, 15) is 9.59 Å². The molecule has 0 saturated carbocycles. The van der Waals surface area contributed by atoms with E-state index in [2.05, 4.69) is 45.9 Å². The lowest BCUT2D eigenvalue weighted by Crippen LogP contribution is -2.51. The van der Waals surface area contributed by atoms with E-state index < -0.39 is 5.41 Å². The molecule has 0 spiro atoms. The molecule has 2 atom stereocenters. The quantitative estimate of drug-likeness (QED) is 0.330. The van der Waals surface area contributed by atoms with Gasteiger partial charge in [0.25, 0.3) is 5.91 Å². The van der Waals surface area contributed by atoms with E-state index in [1.807, 2.05) is 37.8 Å². The summed E-state index contributed by atoms with van der Waals surface area (Å²) in [5, 5.41) is 7.76. The van der Waals surface area contributed by atoms with Crippen molar-refractivity contribution in [2.75, 3.05) is 32.8 Å². The predicted molar refractivity (Wildman–Crippen MR) is 180 cm³/mol. The topological polar surface area (TPSA) is 106 Å². The summed E-state index contributed by atoms with van der Waals surface area (Å²) in [4.78, 5) is 39.2. The average molecular weight is 626 g/mol. The monoisotopic (exact) mass is 625 g/mol. The zero-order chi connectivity index (χ0) is 32.2. The summed E-state index contributed by atoms with van der Waals surface area (Å²) in [5.74, 6) is 1.03. The summed E-state index contributed by atoms with van der Waals surface area (Å²) >= 11 is 0. The van der Waals surface area contributed by atoms with E-state index in [4.69, 9.17) is 14.7 Å². The molecule has 10 nitrogen and oxygen atoms in total. The third-order valence-corrected chi connectivity index (χ3v) is 10.5. The Bertz CT molecular complexity index is 1810. The molecule has 6 heterocycles. The molecule has 46 heavy (non-hydrogen) atoms. The van der Waals surface area contributed by atoms with Gasteiger partial charge in [-0.3, -0.25) is 9.59 Å². The number of carbonyl (C=O) groups is 2. The normalized spacial score (nSPS) is 22.7. The van der Waals surface area contributed by atoms with Crippen LogP contribution in [-0.2, 0) is 29.5 Å². The molecule has 10 heteroatoms. The van der Waals surface area contributed by atoms with Crippen molar-refractivity contribution >= 4 is 33.9 Å². The highest BCUT2D eigenvalue weighted by atomic mass is 16.5. The molecule has 2 N–H and O–H groups in total. The zero-order valence-corrected chi connectivity index (χ0v) is 27.9. The second-order valence-electron chi connectivity index (χ2n) is 14.2. The van der Waals surface area contributed by atoms with Crippen molar-refractivity contribution in [3.63, 3.8) is 0 Å². The number of imidazole rings is 1. The minimum Gasteiger partial charge on any atom is -0.378 e. The molecule has 0 unspecified atom stereocenters. The second kappa shape index (κ2) is 12.1. The van der Waals surface area contributed by atoms with Gasteiger partial charge in [0.15, 0.2) is 5.82 Å². The van der Waals surface area contributed by atoms with Gasteiger partial charge in [0.2, 0.25) is 5.91 Å². The lowest BCUT2D eigenvalue weighted by molar-refractivity contribution is -0.130. The highest BCUT2D eigenvalue weighted by Gasteiger charge is 2.32. The number of hydrogen-bond donors (Lipinski definition) is 2. The number of benzene rings is 1. The van der Waals surface area contributed by atoms with Crippen LogP contribution in [0.1, 0.15) is 86.1 Å². The molecule has 3 aliphatic heterocycles. The number of pyridine rings is 1. The van der Waals surface area contributed by atoms with E-state index in [1.165, 1.54) is 0 Å². The van der Waals surface area contributed by atoms with Gasteiger partial charge in [0.1, 0.15) is 5.65 Å². The van der Waals surface area contributed by atoms with E-state index in [-0.39, 0.29) is 23.9 Å². The van der Waals surface area contributed by atoms with Crippen LogP contribution in [0.3, 0.4) is 0 Å². The maximum atomic E-state index is 13.8. The van der Waals surface area contributed by atoms with Gasteiger partial charge < -0.3 is 29.4 Å². The third-order valence-electron chi connectivity index (χ3n) is 10.5. The zero-order valence-electron chi connectivity index (χ0n) is 27.9. The molecule has 0 radical (unpaired) electrons. The number of amides is 2. The smallest absolute Gasteiger partial charge is 0.254 e. The van der Waals surface area contributed by atoms with Crippen LogP contribution in [0.25, 0.3) is 33.6 Å². The van der Waals surface area contributed by atoms with Crippen LogP contribution in [-0.4, -0.2) is 74.7 Å². The molecule has 1 saturated heterocycles. The van der Waals surface area contributed by atoms with Crippen LogP contribution in [0.2, 0.25) is 0 Å². The highest BCUT2D eigenvalue weighted by molar-refractivity contribution is 6.02. The Morgan fingerprint density at radius 2 is 1.89 bits per heavy atom. The Labute approximate surface area is 270 Å². The van der Waals surface area contributed by atoms with Gasteiger partial charge in [-0.1, -0.05) is 33.1 Å². The SMILES string of the molecule is Cc1c2c(cc3nc(-c4cc5ccc6nc5n4CCCCCCC(C)(C)C(=O)N[C@@H]6C)n(C)c13)C(=O)N(C[C@H]1COCCN1)CC2. The van der Waals surface area contributed by atoms with Gasteiger partial charge in [-0.05, 0) is 68.5 Å². The van der Waals surface area contributed by atoms with Crippen LogP contribution >= 0.6 is 0 Å². The molecule has 3 aliphatic rings. The number of hydrogen-bond acceptors (Lipinski definition) is 6. The number of aromatic nitrogens is 4. The van der Waals surface area contributed by atoms with Crippen molar-refractivity contribution in [2.24, 2.45) is 12.5 Å². The number of morpholine rings is 1. The summed E-state index contributed by atoms with van der Waals surface area (Å²) in [6.07, 6.45) is 5.92. The Kier molecular flexibility index (Phi) is 8.13. The summed E-state index contributed by atoms with van der Waals surface area (Å²) in [6.45, 7) is 12.6. The summed E-state index contributed by atoms with van der Waals surface area (Å²) in [7, 11) is 2.09. The molecule has 4 aromatic rings. The molecule has 1 aromatic carbocycles. The first-order chi connectivity index (χ1) is 22.1. The van der Waals surface area contributed by atoms with E-state index >= 15 is 0 Å². The maximum absolute atomic E-state index is 13.8. The van der Waals surface area contributed by atoms with Crippen LogP contribution < -0.4 is 10.6 Å². The fourth-order valence-corrected chi connectivity index (χ4v) is 7.64. The summed E-state index contributed by atoms with van der Waals surface area (Å²) < 4.78 is 10.1. The number of aryl methyl sites for hydroxylation is 3. The highest BCUT2D eigenvalue weighted by Crippen LogP contribution is 2.35. The molecular formula is C36H47N7O3. The van der Waals surface area contributed by atoms with Crippen LogP contribution in [0, 0.1) is 12.3 Å². The molecule has 0 aliphatic carbocycles. The summed E-state index contributed by atoms with van der Waals surface area (Å²) in [6, 6.07) is 8.31. The van der Waals surface area contributed by atoms with Gasteiger partial charge >= 0.3 is 0 Å². The molecule has 1 fully saturated rings. The van der Waals surface area contributed by atoms with E-state index in [1.54, 1.807) is 0 Å². The third kappa shape index (κ3) is 5.49. The fraction of sp³-hybridized carbons (Fsp3) is 0.556. The van der Waals surface area contributed by atoms with Gasteiger partial charge in [-0.25, -0.2) is 9.97 Å². The summed E-state index contributed by atoms with van der Waals surface area (Å²) in [5.41, 5.74) is 7.33. The number of nitrogens with zero attached hydrogens (tertiary/aromatic N) is 5. The van der Waals surface area contributed by atoms with Crippen LogP contribution in [0.5, 0.6) is 0 Å². The van der Waals surface area contributed by atoms with Crippen LogP contribution in [0.4, 0.5) is 0 Å². The first-order valence-electron chi connectivity index (χ1n) is 17.0. The van der Waals surface area contributed by atoms with Gasteiger partial charge in [-0.2, -0.15) is 0 Å². The lowest BCUT2D eigenvalue weighted by Gasteiger charge is -2.34. The Morgan fingerprint density at radius 3 is 2.70 bits per heavy atom. The number of nitrogens with one attached hydrogen (secondary N) is 2. The fourth-order valence-electron chi connectivity index (χ4n) is 7.64. The molecule has 7 rings (SSSR count). The molecular weight excluding hydrogens is 578 g/mol. The molecule has 2 bridgehead atoms. The van der Waals surface area contributed by atoms with Crippen molar-refractivity contribution < 1.29 is 14.3 Å². The van der Waals surface area contributed by atoms with Crippen LogP contribution in [0.15, 0.2) is 24.3 Å². The Hall–Kier alpha value is -3.76. The second-order valence-corrected chi connectivity index (χ2v) is 14.2. The van der Waals surface area contributed by atoms with Crippen molar-refractivity contribution in [2.45, 2.75) is 84.8 Å². The minimum absolute atomic E-state index is 0.0778. The Morgan fingerprint density at radius 1 is 1.07 bits per heavy atom. The van der Waals surface area contributed by atoms with E-state index in [0.717, 1.165) is 114 Å². The molecule has 2 amide bonds. The Balaban J connectivity index is 1.28. The van der Waals surface area contributed by atoms with Gasteiger partial charge in [0.05, 0.1) is 41.7 Å². The van der Waals surface area contributed by atoms with Crippen molar-refractivity contribution in [3.05, 3.63) is 46.6 Å².